The Hall–Kier alpha value is -3.30. The van der Waals surface area contributed by atoms with Crippen LogP contribution < -0.4 is 19.7 Å². The summed E-state index contributed by atoms with van der Waals surface area (Å²) in [7, 11) is 4.27. The van der Waals surface area contributed by atoms with Crippen molar-refractivity contribution in [3.8, 4) is 17.2 Å². The number of carbonyl (C=O) groups excluding carboxylic acids is 1. The molecule has 1 saturated carbocycles. The molecule has 1 heterocycles. The van der Waals surface area contributed by atoms with E-state index in [0.29, 0.717) is 21.9 Å². The molecule has 1 aliphatic heterocycles. The van der Waals surface area contributed by atoms with Crippen LogP contribution in [0.15, 0.2) is 66.7 Å². The summed E-state index contributed by atoms with van der Waals surface area (Å²) >= 11 is 6.20. The SMILES string of the molecule is CONC(=O)[C@H]1[C@@H](O)[C@@]2(O)c3c(OC)cc(OC)cc3O[C@@]2(c2ccc(Cl)cc2)[C@@H]1c1ccccc1. The number of nitrogens with one attached hydrogen (secondary N) is 1. The van der Waals surface area contributed by atoms with Gasteiger partial charge in [-0.15, -0.1) is 0 Å². The predicted octanol–water partition coefficient (Wildman–Crippen LogP) is 3.28. The average molecular weight is 512 g/mol. The number of halogens is 1. The molecule has 3 aromatic rings. The zero-order valence-corrected chi connectivity index (χ0v) is 20.7. The van der Waals surface area contributed by atoms with Gasteiger partial charge < -0.3 is 24.4 Å². The van der Waals surface area contributed by atoms with Crippen molar-refractivity contribution in [1.82, 2.24) is 5.48 Å². The van der Waals surface area contributed by atoms with Crippen LogP contribution in [0.2, 0.25) is 5.02 Å². The fourth-order valence-electron chi connectivity index (χ4n) is 5.82. The maximum Gasteiger partial charge on any atom is 0.250 e. The minimum atomic E-state index is -2.11. The maximum atomic E-state index is 13.4. The topological polar surface area (TPSA) is 106 Å². The first kappa shape index (κ1) is 24.4. The molecular formula is C27H26ClNO7. The third-order valence-electron chi connectivity index (χ3n) is 7.22. The van der Waals surface area contributed by atoms with Gasteiger partial charge in [-0.3, -0.25) is 9.63 Å². The summed E-state index contributed by atoms with van der Waals surface area (Å²) < 4.78 is 17.7. The first-order chi connectivity index (χ1) is 17.3. The van der Waals surface area contributed by atoms with Crippen molar-refractivity contribution < 1.29 is 34.1 Å². The van der Waals surface area contributed by atoms with E-state index in [0.717, 1.165) is 0 Å². The van der Waals surface area contributed by atoms with E-state index in [9.17, 15) is 15.0 Å². The molecule has 5 rings (SSSR count). The minimum Gasteiger partial charge on any atom is -0.496 e. The lowest BCUT2D eigenvalue weighted by Gasteiger charge is -2.40. The van der Waals surface area contributed by atoms with Gasteiger partial charge in [-0.05, 0) is 23.3 Å². The zero-order chi connectivity index (χ0) is 25.7. The second kappa shape index (κ2) is 8.97. The van der Waals surface area contributed by atoms with Crippen LogP contribution in [0.3, 0.4) is 0 Å². The summed E-state index contributed by atoms with van der Waals surface area (Å²) in [6, 6.07) is 19.2. The van der Waals surface area contributed by atoms with Crippen LogP contribution in [-0.2, 0) is 20.8 Å². The van der Waals surface area contributed by atoms with Gasteiger partial charge in [0.2, 0.25) is 5.91 Å². The molecule has 1 fully saturated rings. The molecule has 0 spiro atoms. The Bertz CT molecular complexity index is 1290. The van der Waals surface area contributed by atoms with Crippen LogP contribution in [-0.4, -0.2) is 43.6 Å². The van der Waals surface area contributed by atoms with Crippen molar-refractivity contribution in [2.24, 2.45) is 5.92 Å². The molecule has 0 unspecified atom stereocenters. The molecule has 0 bridgehead atoms. The number of benzene rings is 3. The Labute approximate surface area is 213 Å². The number of hydrogen-bond acceptors (Lipinski definition) is 7. The van der Waals surface area contributed by atoms with Gasteiger partial charge >= 0.3 is 0 Å². The van der Waals surface area contributed by atoms with Crippen LogP contribution in [0.4, 0.5) is 0 Å². The van der Waals surface area contributed by atoms with Crippen molar-refractivity contribution in [2.75, 3.05) is 21.3 Å². The van der Waals surface area contributed by atoms with Crippen molar-refractivity contribution in [3.05, 3.63) is 88.4 Å². The van der Waals surface area contributed by atoms with E-state index in [-0.39, 0.29) is 17.1 Å². The Kier molecular flexibility index (Phi) is 6.08. The van der Waals surface area contributed by atoms with Crippen LogP contribution in [0.1, 0.15) is 22.6 Å². The van der Waals surface area contributed by atoms with Gasteiger partial charge in [0.1, 0.15) is 23.4 Å². The van der Waals surface area contributed by atoms with E-state index in [2.05, 4.69) is 5.48 Å². The zero-order valence-electron chi connectivity index (χ0n) is 19.9. The minimum absolute atomic E-state index is 0.224. The number of hydroxylamine groups is 1. The van der Waals surface area contributed by atoms with E-state index in [1.165, 1.54) is 21.3 Å². The van der Waals surface area contributed by atoms with Gasteiger partial charge in [0, 0.05) is 23.1 Å². The lowest BCUT2D eigenvalue weighted by molar-refractivity contribution is -0.157. The van der Waals surface area contributed by atoms with E-state index in [1.54, 1.807) is 36.4 Å². The largest absolute Gasteiger partial charge is 0.496 e. The van der Waals surface area contributed by atoms with Gasteiger partial charge in [0.15, 0.2) is 11.2 Å². The number of ether oxygens (including phenoxy) is 3. The summed E-state index contributed by atoms with van der Waals surface area (Å²) in [5.41, 5.74) is 0.00765. The average Bonchev–Trinajstić information content (AvgIpc) is 3.27. The highest BCUT2D eigenvalue weighted by atomic mass is 35.5. The number of aliphatic hydroxyl groups is 2. The number of carbonyl (C=O) groups is 1. The molecule has 0 saturated heterocycles. The highest BCUT2D eigenvalue weighted by Crippen LogP contribution is 2.70. The predicted molar refractivity (Wildman–Crippen MR) is 131 cm³/mol. The van der Waals surface area contributed by atoms with Crippen LogP contribution in [0, 0.1) is 5.92 Å². The monoisotopic (exact) mass is 511 g/mol. The lowest BCUT2D eigenvalue weighted by Crippen LogP contribution is -2.52. The summed E-state index contributed by atoms with van der Waals surface area (Å²) in [4.78, 5) is 18.3. The van der Waals surface area contributed by atoms with E-state index in [1.807, 2.05) is 30.3 Å². The number of hydrogen-bond donors (Lipinski definition) is 3. The standard InChI is InChI=1S/C27H26ClNO7/c1-33-18-13-19(34-2)23-20(14-18)36-27(16-9-11-17(28)12-10-16)22(15-7-5-4-6-8-15)21(25(31)29-35-3)24(30)26(23,27)32/h4-14,21-22,24,30,32H,1-3H3,(H,29,31)/t21-,22-,24-,26+,27+/m1/s1. The molecule has 36 heavy (non-hydrogen) atoms. The molecule has 188 valence electrons. The molecule has 2 aliphatic rings. The van der Waals surface area contributed by atoms with E-state index in [4.69, 9.17) is 30.6 Å². The normalized spacial score (nSPS) is 28.1. The molecule has 5 atom stereocenters. The summed E-state index contributed by atoms with van der Waals surface area (Å²) in [5, 5.41) is 25.0. The first-order valence-electron chi connectivity index (χ1n) is 11.3. The van der Waals surface area contributed by atoms with E-state index >= 15 is 0 Å². The number of aliphatic hydroxyl groups excluding tert-OH is 1. The van der Waals surface area contributed by atoms with E-state index < -0.39 is 35.0 Å². The Balaban J connectivity index is 1.88. The van der Waals surface area contributed by atoms with Gasteiger partial charge in [-0.1, -0.05) is 54.1 Å². The Morgan fingerprint density at radius 3 is 2.33 bits per heavy atom. The molecule has 3 aromatic carbocycles. The Morgan fingerprint density at radius 2 is 1.72 bits per heavy atom. The highest BCUT2D eigenvalue weighted by Gasteiger charge is 2.78. The van der Waals surface area contributed by atoms with Crippen molar-refractivity contribution >= 4 is 17.5 Å². The fourth-order valence-corrected chi connectivity index (χ4v) is 5.95. The van der Waals surface area contributed by atoms with Crippen LogP contribution >= 0.6 is 11.6 Å². The van der Waals surface area contributed by atoms with Crippen molar-refractivity contribution in [1.29, 1.82) is 0 Å². The Morgan fingerprint density at radius 1 is 1.03 bits per heavy atom. The molecule has 0 aromatic heterocycles. The number of methoxy groups -OCH3 is 2. The number of fused-ring (bicyclic) bond motifs is 3. The highest BCUT2D eigenvalue weighted by molar-refractivity contribution is 6.30. The summed E-state index contributed by atoms with van der Waals surface area (Å²) in [6.07, 6.45) is -1.61. The third-order valence-corrected chi connectivity index (χ3v) is 7.47. The summed E-state index contributed by atoms with van der Waals surface area (Å²) in [6.45, 7) is 0. The van der Waals surface area contributed by atoms with Crippen LogP contribution in [0.25, 0.3) is 0 Å². The molecular weight excluding hydrogens is 486 g/mol. The lowest BCUT2D eigenvalue weighted by atomic mass is 9.70. The molecule has 1 aliphatic carbocycles. The third kappa shape index (κ3) is 3.22. The quantitative estimate of drug-likeness (QED) is 0.436. The first-order valence-corrected chi connectivity index (χ1v) is 11.7. The second-order valence-corrected chi connectivity index (χ2v) is 9.28. The second-order valence-electron chi connectivity index (χ2n) is 8.84. The molecule has 9 heteroatoms. The molecule has 0 radical (unpaired) electrons. The fraction of sp³-hybridized carbons (Fsp3) is 0.296. The molecule has 3 N–H and O–H groups in total. The molecule has 1 amide bonds. The number of amides is 1. The smallest absolute Gasteiger partial charge is 0.250 e. The van der Waals surface area contributed by atoms with Crippen molar-refractivity contribution in [2.45, 2.75) is 23.2 Å². The van der Waals surface area contributed by atoms with Gasteiger partial charge in [-0.25, -0.2) is 5.48 Å². The van der Waals surface area contributed by atoms with Gasteiger partial charge in [-0.2, -0.15) is 0 Å². The van der Waals surface area contributed by atoms with Gasteiger partial charge in [0.05, 0.1) is 32.8 Å². The van der Waals surface area contributed by atoms with Gasteiger partial charge in [0.25, 0.3) is 0 Å². The summed E-state index contributed by atoms with van der Waals surface area (Å²) in [5.74, 6) is -1.64. The van der Waals surface area contributed by atoms with Crippen molar-refractivity contribution in [3.63, 3.8) is 0 Å². The maximum absolute atomic E-state index is 13.4. The molecule has 8 nitrogen and oxygen atoms in total. The van der Waals surface area contributed by atoms with Crippen LogP contribution in [0.5, 0.6) is 17.2 Å². The number of rotatable bonds is 6.